The zero-order valence-corrected chi connectivity index (χ0v) is 17.1. The first kappa shape index (κ1) is 20.9. The van der Waals surface area contributed by atoms with Crippen molar-refractivity contribution >= 4 is 29.3 Å². The van der Waals surface area contributed by atoms with Gasteiger partial charge in [0.05, 0.1) is 12.8 Å². The third-order valence-electron chi connectivity index (χ3n) is 4.32. The predicted octanol–water partition coefficient (Wildman–Crippen LogP) is 2.93. The second-order valence-corrected chi connectivity index (χ2v) is 7.39. The van der Waals surface area contributed by atoms with Crippen molar-refractivity contribution < 1.29 is 19.1 Å². The molecule has 0 radical (unpaired) electrons. The lowest BCUT2D eigenvalue weighted by molar-refractivity contribution is -0.143. The Hall–Kier alpha value is -2.84. The number of nitrogens with one attached hydrogen (secondary N) is 1. The molecule has 7 nitrogen and oxygen atoms in total. The molecule has 1 N–H and O–H groups in total. The van der Waals surface area contributed by atoms with Crippen molar-refractivity contribution in [2.45, 2.75) is 23.1 Å². The van der Waals surface area contributed by atoms with E-state index in [-0.39, 0.29) is 5.91 Å². The van der Waals surface area contributed by atoms with Crippen LogP contribution in [0.5, 0.6) is 0 Å². The first-order valence-electron chi connectivity index (χ1n) is 9.14. The number of carbonyl (C=O) groups excluding carboxylic acids is 2. The molecule has 8 heteroatoms. The van der Waals surface area contributed by atoms with Gasteiger partial charge in [-0.1, -0.05) is 6.07 Å². The molecule has 0 bridgehead atoms. The van der Waals surface area contributed by atoms with Gasteiger partial charge in [-0.3, -0.25) is 4.79 Å². The summed E-state index contributed by atoms with van der Waals surface area (Å²) in [6.45, 7) is 0.346. The van der Waals surface area contributed by atoms with E-state index in [1.54, 1.807) is 31.0 Å². The highest BCUT2D eigenvalue weighted by molar-refractivity contribution is 7.98. The van der Waals surface area contributed by atoms with Gasteiger partial charge in [-0.2, -0.15) is 0 Å². The molecule has 0 saturated heterocycles. The molecular weight excluding hydrogens is 390 g/mol. The van der Waals surface area contributed by atoms with Crippen LogP contribution in [-0.4, -0.2) is 48.1 Å². The SMILES string of the molecule is COCC[C@H](NC(=O)c1ccc(SCc2cn3ccccc3n2)cc1)C(=O)OC. The number of hydrogen-bond donors (Lipinski definition) is 1. The van der Waals surface area contributed by atoms with E-state index in [0.29, 0.717) is 18.6 Å². The number of methoxy groups -OCH3 is 2. The maximum absolute atomic E-state index is 12.4. The average Bonchev–Trinajstić information content (AvgIpc) is 3.18. The van der Waals surface area contributed by atoms with Crippen LogP contribution in [0.2, 0.25) is 0 Å². The highest BCUT2D eigenvalue weighted by Crippen LogP contribution is 2.23. The lowest BCUT2D eigenvalue weighted by Gasteiger charge is -2.16. The second-order valence-electron chi connectivity index (χ2n) is 6.34. The number of benzene rings is 1. The Kier molecular flexibility index (Phi) is 7.26. The topological polar surface area (TPSA) is 81.9 Å². The van der Waals surface area contributed by atoms with Gasteiger partial charge < -0.3 is 19.2 Å². The number of aromatic nitrogens is 2. The monoisotopic (exact) mass is 413 g/mol. The molecule has 3 rings (SSSR count). The lowest BCUT2D eigenvalue weighted by atomic mass is 10.1. The van der Waals surface area contributed by atoms with Crippen molar-refractivity contribution in [1.82, 2.24) is 14.7 Å². The Morgan fingerprint density at radius 2 is 1.97 bits per heavy atom. The van der Waals surface area contributed by atoms with Gasteiger partial charge in [0.1, 0.15) is 11.7 Å². The molecule has 1 aromatic carbocycles. The van der Waals surface area contributed by atoms with Crippen LogP contribution in [0.15, 0.2) is 59.8 Å². The molecule has 1 atom stereocenters. The second kappa shape index (κ2) is 10.1. The molecular formula is C21H23N3O4S. The summed E-state index contributed by atoms with van der Waals surface area (Å²) < 4.78 is 11.7. The molecule has 0 unspecified atom stereocenters. The van der Waals surface area contributed by atoms with Crippen LogP contribution in [0.1, 0.15) is 22.5 Å². The Balaban J connectivity index is 1.58. The van der Waals surface area contributed by atoms with Gasteiger partial charge in [0.15, 0.2) is 0 Å². The maximum Gasteiger partial charge on any atom is 0.328 e. The molecule has 0 fully saturated rings. The lowest BCUT2D eigenvalue weighted by Crippen LogP contribution is -2.42. The van der Waals surface area contributed by atoms with Crippen LogP contribution in [0.3, 0.4) is 0 Å². The standard InChI is InChI=1S/C21H23N3O4S/c1-27-12-10-18(21(26)28-2)23-20(25)15-6-8-17(9-7-15)29-14-16-13-24-11-4-3-5-19(24)22-16/h3-9,11,13,18H,10,12,14H2,1-2H3,(H,23,25)/t18-/m0/s1. The zero-order chi connectivity index (χ0) is 20.6. The highest BCUT2D eigenvalue weighted by Gasteiger charge is 2.21. The van der Waals surface area contributed by atoms with E-state index >= 15 is 0 Å². The molecule has 0 spiro atoms. The van der Waals surface area contributed by atoms with Gasteiger partial charge in [0.25, 0.3) is 5.91 Å². The zero-order valence-electron chi connectivity index (χ0n) is 16.3. The Bertz CT molecular complexity index is 938. The number of imidazole rings is 1. The molecule has 0 aliphatic heterocycles. The summed E-state index contributed by atoms with van der Waals surface area (Å²) in [7, 11) is 2.84. The van der Waals surface area contributed by atoms with E-state index in [1.165, 1.54) is 7.11 Å². The minimum Gasteiger partial charge on any atom is -0.467 e. The van der Waals surface area contributed by atoms with Crippen molar-refractivity contribution in [3.63, 3.8) is 0 Å². The molecule has 2 heterocycles. The van der Waals surface area contributed by atoms with Crippen molar-refractivity contribution in [2.75, 3.05) is 20.8 Å². The van der Waals surface area contributed by atoms with E-state index in [4.69, 9.17) is 9.47 Å². The third-order valence-corrected chi connectivity index (χ3v) is 5.36. The molecule has 0 aliphatic rings. The number of hydrogen-bond acceptors (Lipinski definition) is 6. The molecule has 3 aromatic rings. The number of nitrogens with zero attached hydrogens (tertiary/aromatic N) is 2. The molecule has 1 amide bonds. The fraction of sp³-hybridized carbons (Fsp3) is 0.286. The van der Waals surface area contributed by atoms with Crippen molar-refractivity contribution in [3.05, 3.63) is 66.1 Å². The van der Waals surface area contributed by atoms with Gasteiger partial charge in [0.2, 0.25) is 0 Å². The number of ether oxygens (including phenoxy) is 2. The van der Waals surface area contributed by atoms with Crippen LogP contribution in [-0.2, 0) is 20.0 Å². The quantitative estimate of drug-likeness (QED) is 0.429. The van der Waals surface area contributed by atoms with E-state index in [0.717, 1.165) is 22.0 Å². The molecule has 0 aliphatic carbocycles. The smallest absolute Gasteiger partial charge is 0.328 e. The number of carbonyl (C=O) groups is 2. The number of thioether (sulfide) groups is 1. The number of amides is 1. The average molecular weight is 413 g/mol. The van der Waals surface area contributed by atoms with Crippen LogP contribution >= 0.6 is 11.8 Å². The minimum atomic E-state index is -0.739. The normalized spacial score (nSPS) is 11.9. The number of pyridine rings is 1. The van der Waals surface area contributed by atoms with E-state index in [2.05, 4.69) is 10.3 Å². The van der Waals surface area contributed by atoms with E-state index in [9.17, 15) is 9.59 Å². The summed E-state index contributed by atoms with van der Waals surface area (Å²) in [5, 5.41) is 2.70. The summed E-state index contributed by atoms with van der Waals surface area (Å²) in [5.74, 6) is -0.0855. The Morgan fingerprint density at radius 1 is 1.17 bits per heavy atom. The molecule has 2 aromatic heterocycles. The minimum absolute atomic E-state index is 0.326. The fourth-order valence-corrected chi connectivity index (χ4v) is 3.57. The summed E-state index contributed by atoms with van der Waals surface area (Å²) in [5.41, 5.74) is 2.39. The highest BCUT2D eigenvalue weighted by atomic mass is 32.2. The summed E-state index contributed by atoms with van der Waals surface area (Å²) >= 11 is 1.64. The van der Waals surface area contributed by atoms with Gasteiger partial charge in [-0.25, -0.2) is 9.78 Å². The van der Waals surface area contributed by atoms with Gasteiger partial charge in [-0.15, -0.1) is 11.8 Å². The van der Waals surface area contributed by atoms with Gasteiger partial charge in [0, 0.05) is 48.7 Å². The maximum atomic E-state index is 12.4. The van der Waals surface area contributed by atoms with Gasteiger partial charge in [-0.05, 0) is 36.4 Å². The number of fused-ring (bicyclic) bond motifs is 1. The predicted molar refractivity (Wildman–Crippen MR) is 111 cm³/mol. The summed E-state index contributed by atoms with van der Waals surface area (Å²) in [6, 6.07) is 12.4. The van der Waals surface area contributed by atoms with Crippen molar-refractivity contribution in [2.24, 2.45) is 0 Å². The van der Waals surface area contributed by atoms with Crippen LogP contribution in [0.25, 0.3) is 5.65 Å². The largest absolute Gasteiger partial charge is 0.467 e. The van der Waals surface area contributed by atoms with Gasteiger partial charge >= 0.3 is 5.97 Å². The number of rotatable bonds is 9. The first-order valence-corrected chi connectivity index (χ1v) is 10.1. The fourth-order valence-electron chi connectivity index (χ4n) is 2.79. The molecule has 152 valence electrons. The van der Waals surface area contributed by atoms with Crippen molar-refractivity contribution in [1.29, 1.82) is 0 Å². The Labute approximate surface area is 173 Å². The summed E-state index contributed by atoms with van der Waals surface area (Å²) in [6.07, 6.45) is 4.33. The van der Waals surface area contributed by atoms with Crippen LogP contribution < -0.4 is 5.32 Å². The molecule has 0 saturated carbocycles. The molecule has 29 heavy (non-hydrogen) atoms. The third kappa shape index (κ3) is 5.58. The first-order chi connectivity index (χ1) is 14.1. The summed E-state index contributed by atoms with van der Waals surface area (Å²) in [4.78, 5) is 29.9. The van der Waals surface area contributed by atoms with E-state index < -0.39 is 12.0 Å². The Morgan fingerprint density at radius 3 is 2.66 bits per heavy atom. The number of esters is 1. The van der Waals surface area contributed by atoms with Crippen LogP contribution in [0, 0.1) is 0 Å². The van der Waals surface area contributed by atoms with E-state index in [1.807, 2.05) is 47.1 Å². The van der Waals surface area contributed by atoms with Crippen LogP contribution in [0.4, 0.5) is 0 Å². The van der Waals surface area contributed by atoms with Crippen molar-refractivity contribution in [3.8, 4) is 0 Å².